The number of amides is 4. The molecule has 27 nitrogen and oxygen atoms in total. The van der Waals surface area contributed by atoms with E-state index in [-0.39, 0.29) is 55.6 Å². The zero-order valence-corrected chi connectivity index (χ0v) is 41.1. The van der Waals surface area contributed by atoms with Gasteiger partial charge in [0.25, 0.3) is 11.5 Å². The fourth-order valence-corrected chi connectivity index (χ4v) is 8.55. The number of rotatable bonds is 33. The van der Waals surface area contributed by atoms with E-state index in [4.69, 9.17) is 32.8 Å². The summed E-state index contributed by atoms with van der Waals surface area (Å²) in [6.07, 6.45) is -4.55. The topological polar surface area (TPSA) is 457 Å². The number of carbonyl (C=O) groups excluding carboxylic acids is 5. The third-order valence-electron chi connectivity index (χ3n) is 10.7. The van der Waals surface area contributed by atoms with Crippen LogP contribution in [0.2, 0.25) is 0 Å². The molecule has 404 valence electrons. The molecule has 0 saturated carbocycles. The third-order valence-corrected chi connectivity index (χ3v) is 13.1. The Bertz CT molecular complexity index is 2530. The summed E-state index contributed by atoms with van der Waals surface area (Å²) in [5, 5.41) is 86.2. The van der Waals surface area contributed by atoms with Crippen molar-refractivity contribution >= 4 is 91.6 Å². The maximum Gasteiger partial charge on any atom is 0.327 e. The number of H-pyrrole nitrogens is 1. The second-order valence-corrected chi connectivity index (χ2v) is 18.9. The Hall–Kier alpha value is -7.04. The Kier molecular flexibility index (Phi) is 25.6. The van der Waals surface area contributed by atoms with Crippen LogP contribution in [0.4, 0.5) is 11.6 Å². The molecule has 29 heteroatoms. The lowest BCUT2D eigenvalue weighted by molar-refractivity contribution is -0.144. The second kappa shape index (κ2) is 30.9. The zero-order valence-electron chi connectivity index (χ0n) is 39.5. The number of hydrogen-bond donors (Lipinski definition) is 15. The van der Waals surface area contributed by atoms with E-state index in [2.05, 4.69) is 37.2 Å². The number of terminal acetylenes is 1. The number of aliphatic carboxylic acids is 3. The van der Waals surface area contributed by atoms with Crippen molar-refractivity contribution < 1.29 is 83.9 Å². The molecule has 0 aliphatic heterocycles. The van der Waals surface area contributed by atoms with Crippen molar-refractivity contribution in [3.8, 4) is 12.3 Å². The van der Waals surface area contributed by atoms with Crippen molar-refractivity contribution in [1.29, 1.82) is 0 Å². The van der Waals surface area contributed by atoms with E-state index in [0.29, 0.717) is 16.6 Å². The Labute approximate surface area is 429 Å². The van der Waals surface area contributed by atoms with E-state index in [1.54, 1.807) is 30.3 Å². The van der Waals surface area contributed by atoms with Crippen LogP contribution in [-0.2, 0) is 44.8 Å². The number of nitrogens with one attached hydrogen (secondary N) is 5. The number of anilines is 2. The van der Waals surface area contributed by atoms with E-state index in [1.807, 2.05) is 4.90 Å². The number of hydrogen-bond acceptors (Lipinski definition) is 21. The quantitative estimate of drug-likeness (QED) is 0.0122. The number of fused-ring (bicyclic) bond motifs is 1. The molecule has 8 unspecified atom stereocenters. The first-order valence-electron chi connectivity index (χ1n) is 22.5. The highest BCUT2D eigenvalue weighted by Gasteiger charge is 2.32. The molecule has 0 bridgehead atoms. The average molecular weight is 1080 g/mol. The molecule has 2 aromatic carbocycles. The van der Waals surface area contributed by atoms with Crippen molar-refractivity contribution in [3.63, 3.8) is 0 Å². The van der Waals surface area contributed by atoms with Crippen LogP contribution in [0.1, 0.15) is 54.4 Å². The summed E-state index contributed by atoms with van der Waals surface area (Å²) in [7, 11) is 1.99. The first kappa shape index (κ1) is 61.3. The van der Waals surface area contributed by atoms with Gasteiger partial charge in [0.1, 0.15) is 43.0 Å². The van der Waals surface area contributed by atoms with E-state index in [1.165, 1.54) is 12.1 Å². The molecule has 74 heavy (non-hydrogen) atoms. The van der Waals surface area contributed by atoms with E-state index < -0.39 is 140 Å². The van der Waals surface area contributed by atoms with Gasteiger partial charge in [0.05, 0.1) is 36.2 Å². The number of aliphatic hydroxyl groups excluding tert-OH is 5. The molecule has 0 saturated heterocycles. The predicted molar refractivity (Wildman–Crippen MR) is 267 cm³/mol. The smallest absolute Gasteiger partial charge is 0.327 e. The summed E-state index contributed by atoms with van der Waals surface area (Å²) in [5.41, 5.74) is 12.9. The molecule has 0 aliphatic rings. The molecule has 8 atom stereocenters. The second-order valence-electron chi connectivity index (χ2n) is 16.3. The van der Waals surface area contributed by atoms with Crippen LogP contribution >= 0.6 is 21.6 Å². The van der Waals surface area contributed by atoms with Crippen LogP contribution in [0.5, 0.6) is 0 Å². The number of carboxylic acid groups (broad SMARTS) is 3. The van der Waals surface area contributed by atoms with Gasteiger partial charge < -0.3 is 83.2 Å². The van der Waals surface area contributed by atoms with Gasteiger partial charge in [0, 0.05) is 55.1 Å². The molecule has 0 fully saturated rings. The van der Waals surface area contributed by atoms with Gasteiger partial charge in [-0.25, -0.2) is 14.6 Å². The summed E-state index contributed by atoms with van der Waals surface area (Å²) in [6.45, 7) is -1.35. The minimum atomic E-state index is -1.99. The number of carbonyl (C=O) groups is 8. The monoisotopic (exact) mass is 1080 g/mol. The van der Waals surface area contributed by atoms with E-state index >= 15 is 0 Å². The van der Waals surface area contributed by atoms with Crippen molar-refractivity contribution in [2.75, 3.05) is 48.4 Å². The molecular formula is C45H59N9O18S2. The number of esters is 1. The largest absolute Gasteiger partial charge is 0.481 e. The fourth-order valence-electron chi connectivity index (χ4n) is 6.56. The lowest BCUT2D eigenvalue weighted by atomic mass is 10.0. The molecule has 17 N–H and O–H groups in total. The summed E-state index contributed by atoms with van der Waals surface area (Å²) < 4.78 is 5.16. The summed E-state index contributed by atoms with van der Waals surface area (Å²) in [4.78, 5) is 120. The van der Waals surface area contributed by atoms with Crippen LogP contribution in [0.25, 0.3) is 10.9 Å². The van der Waals surface area contributed by atoms with E-state index in [9.17, 15) is 73.8 Å². The number of ether oxygens (including phenoxy) is 1. The maximum absolute atomic E-state index is 13.3. The Morgan fingerprint density at radius 1 is 0.811 bits per heavy atom. The predicted octanol–water partition coefficient (Wildman–Crippen LogP) is -3.39. The van der Waals surface area contributed by atoms with Crippen LogP contribution < -0.4 is 43.2 Å². The van der Waals surface area contributed by atoms with Gasteiger partial charge in [-0.3, -0.25) is 38.5 Å². The number of benzene rings is 2. The molecule has 3 aromatic rings. The number of aromatic nitrogens is 2. The van der Waals surface area contributed by atoms with Gasteiger partial charge in [0.2, 0.25) is 23.7 Å². The number of carboxylic acids is 3. The average Bonchev–Trinajstić information content (AvgIpc) is 3.36. The fraction of sp³-hybridized carbons (Fsp3) is 0.467. The van der Waals surface area contributed by atoms with Gasteiger partial charge in [0.15, 0.2) is 0 Å². The minimum Gasteiger partial charge on any atom is -0.481 e. The molecule has 1 aromatic heterocycles. The van der Waals surface area contributed by atoms with Gasteiger partial charge in [-0.2, -0.15) is 0 Å². The van der Waals surface area contributed by atoms with Gasteiger partial charge in [-0.1, -0.05) is 33.6 Å². The highest BCUT2D eigenvalue weighted by molar-refractivity contribution is 8.76. The van der Waals surface area contributed by atoms with Crippen molar-refractivity contribution in [2.24, 2.45) is 5.73 Å². The summed E-state index contributed by atoms with van der Waals surface area (Å²) in [6, 6.07) is 5.17. The van der Waals surface area contributed by atoms with Crippen LogP contribution in [0.3, 0.4) is 0 Å². The van der Waals surface area contributed by atoms with Gasteiger partial charge in [-0.15, -0.1) is 6.42 Å². The molecule has 0 aliphatic carbocycles. The first-order valence-corrected chi connectivity index (χ1v) is 24.9. The number of nitrogens with two attached hydrogens (primary N) is 2. The molecule has 3 rings (SSSR count). The number of aromatic amines is 1. The lowest BCUT2D eigenvalue weighted by Crippen LogP contribution is -2.55. The highest BCUT2D eigenvalue weighted by atomic mass is 33.1. The normalized spacial score (nSPS) is 14.3. The maximum atomic E-state index is 13.3. The number of nitrogens with zero attached hydrogens (tertiary/aromatic N) is 2. The molecule has 4 amide bonds. The Balaban J connectivity index is 1.48. The lowest BCUT2D eigenvalue weighted by Gasteiger charge is -2.26. The van der Waals surface area contributed by atoms with Crippen LogP contribution in [-0.4, -0.2) is 185 Å². The van der Waals surface area contributed by atoms with Gasteiger partial charge in [-0.05, 0) is 61.2 Å². The standard InChI is InChI=1S/C45H59N9O18S2/c1-2-15-54(20-23-3-9-28-26(18-23)40(65)53-45(47)52-28)25-6-4-24(5-7-25)39(64)50-30(43(68)69)11-14-36(61)72-16-17-73-74-22-31(44(70)71)51-42(67)29(49-41(66)27(46)8-13-35(59)60)10-12-34(58)48-19-32(56)37(62)38(63)33(57)21-55/h1,3-7,9,18,27,29-33,37-38,55-57,62-63H,8,10-17,19-22,46H2,(H,48,58)(H,49,66)(H,50,64)(H,51,67)(H,59,60)(H,68,69)(H,70,71)(H3,47,52,53,65). The van der Waals surface area contributed by atoms with Crippen molar-refractivity contribution in [1.82, 2.24) is 31.2 Å². The Morgan fingerprint density at radius 3 is 2.09 bits per heavy atom. The highest BCUT2D eigenvalue weighted by Crippen LogP contribution is 2.23. The molecule has 1 heterocycles. The van der Waals surface area contributed by atoms with E-state index in [0.717, 1.165) is 27.2 Å². The van der Waals surface area contributed by atoms with Gasteiger partial charge >= 0.3 is 23.9 Å². The first-order chi connectivity index (χ1) is 35.0. The summed E-state index contributed by atoms with van der Waals surface area (Å²) >= 11 is 0. The molecular weight excluding hydrogens is 1020 g/mol. The Morgan fingerprint density at radius 2 is 1.46 bits per heavy atom. The van der Waals surface area contributed by atoms with Crippen molar-refractivity contribution in [2.45, 2.75) is 93.7 Å². The van der Waals surface area contributed by atoms with Crippen LogP contribution in [0, 0.1) is 12.3 Å². The molecule has 0 spiro atoms. The minimum absolute atomic E-state index is 0.0169. The summed E-state index contributed by atoms with van der Waals surface area (Å²) in [5.74, 6) is -6.24. The number of nitrogen functional groups attached to an aromatic ring is 1. The zero-order chi connectivity index (χ0) is 55.1. The van der Waals surface area contributed by atoms with Crippen molar-refractivity contribution in [3.05, 3.63) is 63.9 Å². The molecule has 0 radical (unpaired) electrons. The third kappa shape index (κ3) is 20.5. The number of aliphatic hydroxyl groups is 5. The van der Waals surface area contributed by atoms with Crippen LogP contribution in [0.15, 0.2) is 47.3 Å². The SMILES string of the molecule is C#CCN(Cc1ccc2nc(N)[nH]c(=O)c2c1)c1ccc(C(=O)NC(CCC(=O)OCCSSCC(NC(=O)C(CCC(=O)NCC(O)C(O)C(O)C(O)CO)NC(=O)C(N)CCC(=O)O)C(=O)O)C(=O)O)cc1.